The second-order valence-corrected chi connectivity index (χ2v) is 8.85. The Bertz CT molecular complexity index is 1110. The van der Waals surface area contributed by atoms with Gasteiger partial charge in [0, 0.05) is 19.5 Å². The normalized spacial score (nSPS) is 11.4. The highest BCUT2D eigenvalue weighted by Crippen LogP contribution is 2.24. The van der Waals surface area contributed by atoms with Crippen molar-refractivity contribution in [3.05, 3.63) is 95.0 Å². The van der Waals surface area contributed by atoms with Crippen molar-refractivity contribution in [1.29, 1.82) is 0 Å². The molecule has 3 rings (SSSR count). The molecule has 1 N–H and O–H groups in total. The predicted octanol–water partition coefficient (Wildman–Crippen LogP) is 5.28. The quantitative estimate of drug-likeness (QED) is 0.319. The summed E-state index contributed by atoms with van der Waals surface area (Å²) in [6.45, 7) is 2.63. The molecule has 0 aliphatic carbocycles. The molecule has 0 aromatic heterocycles. The number of carbonyl (C=O) groups excluding carboxylic acids is 2. The summed E-state index contributed by atoms with van der Waals surface area (Å²) in [7, 11) is 1.60. The molecule has 36 heavy (non-hydrogen) atoms. The third kappa shape index (κ3) is 8.02. The Morgan fingerprint density at radius 2 is 1.64 bits per heavy atom. The van der Waals surface area contributed by atoms with Gasteiger partial charge < -0.3 is 19.7 Å². The smallest absolute Gasteiger partial charge is 0.261 e. The number of methoxy groups -OCH3 is 1. The van der Waals surface area contributed by atoms with Crippen LogP contribution in [0.2, 0.25) is 5.02 Å². The molecule has 1 unspecified atom stereocenters. The Balaban J connectivity index is 1.89. The summed E-state index contributed by atoms with van der Waals surface area (Å²) >= 11 is 6.21. The Labute approximate surface area is 218 Å². The van der Waals surface area contributed by atoms with Gasteiger partial charge in [-0.15, -0.1) is 0 Å². The van der Waals surface area contributed by atoms with Gasteiger partial charge in [0.25, 0.3) is 5.91 Å². The lowest BCUT2D eigenvalue weighted by Crippen LogP contribution is -2.51. The molecule has 0 aliphatic rings. The Kier molecular flexibility index (Phi) is 10.6. The number of hydrogen-bond donors (Lipinski definition) is 1. The first-order valence-electron chi connectivity index (χ1n) is 12.1. The van der Waals surface area contributed by atoms with Gasteiger partial charge in [-0.05, 0) is 41.8 Å². The lowest BCUT2D eigenvalue weighted by Gasteiger charge is -2.31. The predicted molar refractivity (Wildman–Crippen MR) is 142 cm³/mol. The summed E-state index contributed by atoms with van der Waals surface area (Å²) in [5, 5.41) is 3.43. The number of nitrogens with zero attached hydrogens (tertiary/aromatic N) is 1. The molecule has 0 saturated carbocycles. The van der Waals surface area contributed by atoms with E-state index < -0.39 is 6.04 Å². The molecule has 190 valence electrons. The Morgan fingerprint density at radius 3 is 2.31 bits per heavy atom. The van der Waals surface area contributed by atoms with E-state index in [0.29, 0.717) is 23.7 Å². The highest BCUT2D eigenvalue weighted by atomic mass is 35.5. The van der Waals surface area contributed by atoms with Crippen molar-refractivity contribution in [2.24, 2.45) is 0 Å². The van der Waals surface area contributed by atoms with E-state index in [2.05, 4.69) is 12.2 Å². The summed E-state index contributed by atoms with van der Waals surface area (Å²) in [6.07, 6.45) is 2.21. The maximum atomic E-state index is 13.6. The van der Waals surface area contributed by atoms with Crippen molar-refractivity contribution in [1.82, 2.24) is 10.2 Å². The van der Waals surface area contributed by atoms with Crippen LogP contribution in [0, 0.1) is 0 Å². The van der Waals surface area contributed by atoms with Gasteiger partial charge in [0.2, 0.25) is 5.91 Å². The zero-order valence-corrected chi connectivity index (χ0v) is 21.5. The van der Waals surface area contributed by atoms with E-state index in [9.17, 15) is 9.59 Å². The van der Waals surface area contributed by atoms with Crippen LogP contribution < -0.4 is 14.8 Å². The molecule has 0 radical (unpaired) electrons. The van der Waals surface area contributed by atoms with E-state index in [1.54, 1.807) is 36.3 Å². The number of ether oxygens (including phenoxy) is 2. The van der Waals surface area contributed by atoms with E-state index >= 15 is 0 Å². The largest absolute Gasteiger partial charge is 0.497 e. The summed E-state index contributed by atoms with van der Waals surface area (Å²) in [6, 6.07) is 23.5. The monoisotopic (exact) mass is 508 g/mol. The molecular weight excluding hydrogens is 476 g/mol. The first-order chi connectivity index (χ1) is 17.5. The summed E-state index contributed by atoms with van der Waals surface area (Å²) < 4.78 is 11.0. The second-order valence-electron chi connectivity index (χ2n) is 8.44. The number of nitrogens with one attached hydrogen (secondary N) is 1. The van der Waals surface area contributed by atoms with Crippen LogP contribution in [-0.4, -0.2) is 43.0 Å². The van der Waals surface area contributed by atoms with Gasteiger partial charge in [0.1, 0.15) is 17.5 Å². The van der Waals surface area contributed by atoms with Crippen LogP contribution >= 0.6 is 11.6 Å². The molecular formula is C29H33ClN2O4. The van der Waals surface area contributed by atoms with Crippen LogP contribution in [-0.2, 0) is 22.6 Å². The minimum atomic E-state index is -0.714. The van der Waals surface area contributed by atoms with Crippen molar-refractivity contribution in [3.8, 4) is 11.5 Å². The molecule has 6 nitrogen and oxygen atoms in total. The van der Waals surface area contributed by atoms with Crippen LogP contribution in [0.4, 0.5) is 0 Å². The fraction of sp³-hybridized carbons (Fsp3) is 0.310. The van der Waals surface area contributed by atoms with Crippen molar-refractivity contribution in [2.75, 3.05) is 20.3 Å². The van der Waals surface area contributed by atoms with Crippen LogP contribution in [0.3, 0.4) is 0 Å². The van der Waals surface area contributed by atoms with Gasteiger partial charge in [0.05, 0.1) is 12.1 Å². The van der Waals surface area contributed by atoms with E-state index in [4.69, 9.17) is 21.1 Å². The van der Waals surface area contributed by atoms with Crippen LogP contribution in [0.25, 0.3) is 0 Å². The minimum Gasteiger partial charge on any atom is -0.497 e. The highest BCUT2D eigenvalue weighted by Gasteiger charge is 2.30. The number of halogens is 1. The molecule has 0 saturated heterocycles. The SMILES string of the molecule is CCCCNC(=O)C(Cc1ccccc1)N(Cc1ccc(OC)cc1)C(=O)COc1ccccc1Cl. The van der Waals surface area contributed by atoms with E-state index in [1.165, 1.54) is 0 Å². The van der Waals surface area contributed by atoms with Crippen molar-refractivity contribution in [2.45, 2.75) is 38.8 Å². The highest BCUT2D eigenvalue weighted by molar-refractivity contribution is 6.32. The fourth-order valence-electron chi connectivity index (χ4n) is 3.77. The lowest BCUT2D eigenvalue weighted by atomic mass is 10.0. The average Bonchev–Trinajstić information content (AvgIpc) is 2.91. The number of carbonyl (C=O) groups is 2. The Morgan fingerprint density at radius 1 is 0.944 bits per heavy atom. The molecule has 3 aromatic rings. The number of para-hydroxylation sites is 1. The third-order valence-electron chi connectivity index (χ3n) is 5.80. The average molecular weight is 509 g/mol. The van der Waals surface area contributed by atoms with E-state index in [0.717, 1.165) is 29.7 Å². The molecule has 3 aromatic carbocycles. The molecule has 0 heterocycles. The number of amides is 2. The summed E-state index contributed by atoms with van der Waals surface area (Å²) in [5.41, 5.74) is 1.84. The van der Waals surface area contributed by atoms with Crippen LogP contribution in [0.15, 0.2) is 78.9 Å². The lowest BCUT2D eigenvalue weighted by molar-refractivity contribution is -0.142. The molecule has 0 bridgehead atoms. The van der Waals surface area contributed by atoms with E-state index in [-0.39, 0.29) is 25.0 Å². The summed E-state index contributed by atoms with van der Waals surface area (Å²) in [4.78, 5) is 28.6. The number of hydrogen-bond acceptors (Lipinski definition) is 4. The van der Waals surface area contributed by atoms with Gasteiger partial charge in [-0.3, -0.25) is 9.59 Å². The molecule has 0 spiro atoms. The van der Waals surface area contributed by atoms with Crippen LogP contribution in [0.1, 0.15) is 30.9 Å². The van der Waals surface area contributed by atoms with Gasteiger partial charge in [-0.25, -0.2) is 0 Å². The molecule has 0 aliphatic heterocycles. The van der Waals surface area contributed by atoms with Crippen molar-refractivity contribution in [3.63, 3.8) is 0 Å². The van der Waals surface area contributed by atoms with Crippen LogP contribution in [0.5, 0.6) is 11.5 Å². The van der Waals surface area contributed by atoms with E-state index in [1.807, 2.05) is 54.6 Å². The van der Waals surface area contributed by atoms with Gasteiger partial charge in [-0.2, -0.15) is 0 Å². The zero-order chi connectivity index (χ0) is 25.8. The number of rotatable bonds is 13. The fourth-order valence-corrected chi connectivity index (χ4v) is 3.96. The minimum absolute atomic E-state index is 0.188. The van der Waals surface area contributed by atoms with Gasteiger partial charge in [-0.1, -0.05) is 79.5 Å². The molecule has 7 heteroatoms. The molecule has 0 fully saturated rings. The maximum Gasteiger partial charge on any atom is 0.261 e. The number of benzene rings is 3. The molecule has 2 amide bonds. The molecule has 1 atom stereocenters. The van der Waals surface area contributed by atoms with Crippen molar-refractivity contribution >= 4 is 23.4 Å². The standard InChI is InChI=1S/C29H33ClN2O4/c1-3-4-18-31-29(34)26(19-22-10-6-5-7-11-22)32(20-23-14-16-24(35-2)17-15-23)28(33)21-36-27-13-9-8-12-25(27)30/h5-17,26H,3-4,18-21H2,1-2H3,(H,31,34). The first-order valence-corrected chi connectivity index (χ1v) is 12.5. The topological polar surface area (TPSA) is 67.9 Å². The zero-order valence-electron chi connectivity index (χ0n) is 20.8. The number of unbranched alkanes of at least 4 members (excludes halogenated alkanes) is 1. The van der Waals surface area contributed by atoms with Gasteiger partial charge >= 0.3 is 0 Å². The Hall–Kier alpha value is -3.51. The van der Waals surface area contributed by atoms with Gasteiger partial charge in [0.15, 0.2) is 6.61 Å². The first kappa shape index (κ1) is 27.1. The second kappa shape index (κ2) is 14.1. The van der Waals surface area contributed by atoms with Crippen molar-refractivity contribution < 1.29 is 19.1 Å². The maximum absolute atomic E-state index is 13.6. The summed E-state index contributed by atoms with van der Waals surface area (Å²) in [5.74, 6) is 0.643. The third-order valence-corrected chi connectivity index (χ3v) is 6.11.